The molecular weight excluding hydrogens is 278 g/mol. The highest BCUT2D eigenvalue weighted by Crippen LogP contribution is 2.26. The Kier molecular flexibility index (Phi) is 3.72. The highest BCUT2D eigenvalue weighted by atomic mass is 16.1. The molecule has 0 amide bonds. The lowest BCUT2D eigenvalue weighted by molar-refractivity contribution is 0.112. The van der Waals surface area contributed by atoms with Crippen LogP contribution >= 0.6 is 0 Å². The second kappa shape index (κ2) is 5.55. The Labute approximate surface area is 129 Å². The fraction of sp³-hybridized carbons (Fsp3) is 0.471. The molecule has 3 heterocycles. The second-order valence-corrected chi connectivity index (χ2v) is 6.51. The molecule has 0 spiro atoms. The van der Waals surface area contributed by atoms with E-state index >= 15 is 0 Å². The highest BCUT2D eigenvalue weighted by molar-refractivity contribution is 5.83. The summed E-state index contributed by atoms with van der Waals surface area (Å²) in [4.78, 5) is 30.9. The van der Waals surface area contributed by atoms with Gasteiger partial charge in [-0.25, -0.2) is 4.98 Å². The Morgan fingerprint density at radius 2 is 1.95 bits per heavy atom. The fourth-order valence-electron chi connectivity index (χ4n) is 3.48. The first-order chi connectivity index (χ1) is 10.5. The largest absolute Gasteiger partial charge is 0.355 e. The summed E-state index contributed by atoms with van der Waals surface area (Å²) in [6.07, 6.45) is 3.47. The molecule has 1 saturated heterocycles. The van der Waals surface area contributed by atoms with Gasteiger partial charge in [0.25, 0.3) is 5.56 Å². The number of pyridine rings is 1. The molecule has 0 N–H and O–H groups in total. The first-order valence-corrected chi connectivity index (χ1v) is 7.73. The zero-order chi connectivity index (χ0) is 15.9. The number of anilines is 1. The van der Waals surface area contributed by atoms with E-state index in [1.165, 1.54) is 10.8 Å². The normalized spacial score (nSPS) is 22.0. The molecule has 0 bridgehead atoms. The topological polar surface area (TPSA) is 54.7 Å². The van der Waals surface area contributed by atoms with Crippen LogP contribution in [0.1, 0.15) is 36.2 Å². The van der Waals surface area contributed by atoms with Gasteiger partial charge in [-0.2, -0.15) is 0 Å². The van der Waals surface area contributed by atoms with E-state index in [2.05, 4.69) is 23.7 Å². The van der Waals surface area contributed by atoms with Crippen LogP contribution < -0.4 is 10.5 Å². The summed E-state index contributed by atoms with van der Waals surface area (Å²) in [5, 5.41) is 0. The van der Waals surface area contributed by atoms with E-state index in [1.807, 2.05) is 13.0 Å². The number of aromatic nitrogens is 2. The van der Waals surface area contributed by atoms with E-state index in [1.54, 1.807) is 12.3 Å². The summed E-state index contributed by atoms with van der Waals surface area (Å²) in [5.74, 6) is 1.59. The fourth-order valence-corrected chi connectivity index (χ4v) is 3.48. The Balaban J connectivity index is 2.22. The average Bonchev–Trinajstić information content (AvgIpc) is 2.47. The second-order valence-electron chi connectivity index (χ2n) is 6.51. The van der Waals surface area contributed by atoms with Crippen molar-refractivity contribution in [2.45, 2.75) is 27.2 Å². The van der Waals surface area contributed by atoms with Gasteiger partial charge in [0, 0.05) is 19.3 Å². The Bertz CT molecular complexity index is 771. The van der Waals surface area contributed by atoms with Gasteiger partial charge in [0.15, 0.2) is 6.29 Å². The van der Waals surface area contributed by atoms with E-state index in [0.717, 1.165) is 18.7 Å². The van der Waals surface area contributed by atoms with Crippen LogP contribution in [0.2, 0.25) is 0 Å². The van der Waals surface area contributed by atoms with Crippen molar-refractivity contribution in [2.75, 3.05) is 18.0 Å². The molecule has 2 aromatic heterocycles. The molecule has 116 valence electrons. The minimum Gasteiger partial charge on any atom is -0.355 e. The van der Waals surface area contributed by atoms with Crippen LogP contribution in [0.25, 0.3) is 5.65 Å². The lowest BCUT2D eigenvalue weighted by atomic mass is 9.92. The van der Waals surface area contributed by atoms with Crippen LogP contribution in [-0.2, 0) is 0 Å². The predicted molar refractivity (Wildman–Crippen MR) is 86.7 cm³/mol. The van der Waals surface area contributed by atoms with Gasteiger partial charge in [0.2, 0.25) is 0 Å². The van der Waals surface area contributed by atoms with Crippen molar-refractivity contribution in [2.24, 2.45) is 11.8 Å². The maximum Gasteiger partial charge on any atom is 0.270 e. The van der Waals surface area contributed by atoms with Gasteiger partial charge in [-0.1, -0.05) is 19.9 Å². The molecule has 2 aromatic rings. The van der Waals surface area contributed by atoms with Crippen molar-refractivity contribution in [3.8, 4) is 0 Å². The van der Waals surface area contributed by atoms with Crippen molar-refractivity contribution in [1.29, 1.82) is 0 Å². The van der Waals surface area contributed by atoms with Crippen LogP contribution in [0.4, 0.5) is 5.82 Å². The summed E-state index contributed by atoms with van der Waals surface area (Å²) in [7, 11) is 0. The molecule has 0 radical (unpaired) electrons. The number of carbonyl (C=O) groups excluding carboxylic acids is 1. The number of hydrogen-bond donors (Lipinski definition) is 0. The maximum absolute atomic E-state index is 12.6. The summed E-state index contributed by atoms with van der Waals surface area (Å²) in [5.41, 5.74) is 1.42. The first-order valence-electron chi connectivity index (χ1n) is 7.73. The van der Waals surface area contributed by atoms with Crippen LogP contribution in [-0.4, -0.2) is 28.8 Å². The number of rotatable bonds is 2. The zero-order valence-corrected chi connectivity index (χ0v) is 13.2. The van der Waals surface area contributed by atoms with Crippen molar-refractivity contribution in [3.63, 3.8) is 0 Å². The molecule has 1 fully saturated rings. The summed E-state index contributed by atoms with van der Waals surface area (Å²) >= 11 is 0. The molecule has 5 nitrogen and oxygen atoms in total. The third kappa shape index (κ3) is 2.40. The number of aryl methyl sites for hydroxylation is 1. The summed E-state index contributed by atoms with van der Waals surface area (Å²) in [6.45, 7) is 7.98. The monoisotopic (exact) mass is 299 g/mol. The Morgan fingerprint density at radius 1 is 1.27 bits per heavy atom. The number of carbonyl (C=O) groups is 1. The molecule has 3 rings (SSSR count). The van der Waals surface area contributed by atoms with Crippen molar-refractivity contribution < 1.29 is 4.79 Å². The van der Waals surface area contributed by atoms with E-state index in [4.69, 9.17) is 0 Å². The number of nitrogens with zero attached hydrogens (tertiary/aromatic N) is 3. The lowest BCUT2D eigenvalue weighted by Crippen LogP contribution is -2.41. The van der Waals surface area contributed by atoms with Gasteiger partial charge >= 0.3 is 0 Å². The third-order valence-electron chi connectivity index (χ3n) is 4.35. The lowest BCUT2D eigenvalue weighted by Gasteiger charge is -2.36. The molecule has 0 aliphatic carbocycles. The van der Waals surface area contributed by atoms with Crippen molar-refractivity contribution >= 4 is 17.8 Å². The van der Waals surface area contributed by atoms with Crippen LogP contribution in [0, 0.1) is 18.8 Å². The van der Waals surface area contributed by atoms with Crippen molar-refractivity contribution in [1.82, 2.24) is 9.38 Å². The van der Waals surface area contributed by atoms with E-state index in [0.29, 0.717) is 29.6 Å². The van der Waals surface area contributed by atoms with Gasteiger partial charge in [-0.3, -0.25) is 14.0 Å². The first kappa shape index (κ1) is 14.8. The Morgan fingerprint density at radius 3 is 2.59 bits per heavy atom. The van der Waals surface area contributed by atoms with Gasteiger partial charge in [0.05, 0.1) is 0 Å². The number of piperidine rings is 1. The van der Waals surface area contributed by atoms with Gasteiger partial charge in [-0.15, -0.1) is 0 Å². The number of aldehydes is 1. The minimum absolute atomic E-state index is 0.157. The molecule has 0 aromatic carbocycles. The smallest absolute Gasteiger partial charge is 0.270 e. The summed E-state index contributed by atoms with van der Waals surface area (Å²) < 4.78 is 1.46. The third-order valence-corrected chi connectivity index (χ3v) is 4.35. The van der Waals surface area contributed by atoms with E-state index < -0.39 is 0 Å². The van der Waals surface area contributed by atoms with Crippen molar-refractivity contribution in [3.05, 3.63) is 39.8 Å². The maximum atomic E-state index is 12.6. The standard InChI is InChI=1S/C17H21N3O2/c1-11-7-12(2)9-19(8-11)16-14(10-21)17(22)20-6-4-5-13(3)15(20)18-16/h4-6,10-12H,7-9H2,1-3H3/t11-,12-/m1/s1. The van der Waals surface area contributed by atoms with Gasteiger partial charge in [0.1, 0.15) is 17.0 Å². The highest BCUT2D eigenvalue weighted by Gasteiger charge is 2.26. The molecule has 5 heteroatoms. The molecule has 0 unspecified atom stereocenters. The van der Waals surface area contributed by atoms with Crippen LogP contribution in [0.5, 0.6) is 0 Å². The average molecular weight is 299 g/mol. The van der Waals surface area contributed by atoms with Crippen LogP contribution in [0.3, 0.4) is 0 Å². The van der Waals surface area contributed by atoms with Crippen LogP contribution in [0.15, 0.2) is 23.1 Å². The van der Waals surface area contributed by atoms with Gasteiger partial charge in [-0.05, 0) is 36.8 Å². The predicted octanol–water partition coefficient (Wildman–Crippen LogP) is 2.30. The molecule has 22 heavy (non-hydrogen) atoms. The number of hydrogen-bond acceptors (Lipinski definition) is 4. The molecule has 0 saturated carbocycles. The SMILES string of the molecule is Cc1cccn2c(=O)c(C=O)c(N3C[C@H](C)C[C@@H](C)C3)nc12. The zero-order valence-electron chi connectivity index (χ0n) is 13.2. The molecule has 2 atom stereocenters. The van der Waals surface area contributed by atoms with E-state index in [9.17, 15) is 9.59 Å². The minimum atomic E-state index is -0.287. The summed E-state index contributed by atoms with van der Waals surface area (Å²) in [6, 6.07) is 3.72. The number of fused-ring (bicyclic) bond motifs is 1. The molecule has 1 aliphatic rings. The Hall–Kier alpha value is -2.17. The quantitative estimate of drug-likeness (QED) is 0.798. The van der Waals surface area contributed by atoms with E-state index in [-0.39, 0.29) is 11.1 Å². The molecular formula is C17H21N3O2. The van der Waals surface area contributed by atoms with Gasteiger partial charge < -0.3 is 4.90 Å². The molecule has 1 aliphatic heterocycles.